The second-order valence-electron chi connectivity index (χ2n) is 5.64. The fourth-order valence-corrected chi connectivity index (χ4v) is 3.32. The number of carbonyl (C=O) groups is 2. The SMILES string of the molecule is CC(=O)O[C@]12CC[C@](C)(C(=O)C1)C2(C)C. The molecule has 0 aromatic rings. The normalized spacial score (nSPS) is 42.0. The first-order chi connectivity index (χ1) is 6.75. The van der Waals surface area contributed by atoms with Gasteiger partial charge in [0.25, 0.3) is 0 Å². The third-order valence-electron chi connectivity index (χ3n) is 4.95. The number of hydrogen-bond acceptors (Lipinski definition) is 3. The maximum Gasteiger partial charge on any atom is 0.303 e. The van der Waals surface area contributed by atoms with Crippen LogP contribution in [0.1, 0.15) is 47.0 Å². The van der Waals surface area contributed by atoms with Gasteiger partial charge in [0.2, 0.25) is 0 Å². The smallest absolute Gasteiger partial charge is 0.303 e. The lowest BCUT2D eigenvalue weighted by atomic mass is 9.69. The highest BCUT2D eigenvalue weighted by atomic mass is 16.6. The van der Waals surface area contributed by atoms with E-state index in [1.807, 2.05) is 20.8 Å². The van der Waals surface area contributed by atoms with Gasteiger partial charge in [0.1, 0.15) is 11.4 Å². The Hall–Kier alpha value is -0.860. The molecule has 0 aromatic carbocycles. The zero-order chi connectivity index (χ0) is 11.5. The van der Waals surface area contributed by atoms with Crippen LogP contribution in [0.2, 0.25) is 0 Å². The van der Waals surface area contributed by atoms with Crippen LogP contribution in [0.5, 0.6) is 0 Å². The second-order valence-corrected chi connectivity index (χ2v) is 5.64. The molecule has 0 amide bonds. The summed E-state index contributed by atoms with van der Waals surface area (Å²) in [6.45, 7) is 7.53. The van der Waals surface area contributed by atoms with Crippen molar-refractivity contribution in [3.8, 4) is 0 Å². The van der Waals surface area contributed by atoms with Crippen molar-refractivity contribution in [2.24, 2.45) is 10.8 Å². The largest absolute Gasteiger partial charge is 0.458 e. The molecule has 0 N–H and O–H groups in total. The first kappa shape index (κ1) is 10.7. The Labute approximate surface area is 90.2 Å². The van der Waals surface area contributed by atoms with Gasteiger partial charge >= 0.3 is 5.97 Å². The highest BCUT2D eigenvalue weighted by Gasteiger charge is 2.71. The molecule has 15 heavy (non-hydrogen) atoms. The van der Waals surface area contributed by atoms with Gasteiger partial charge in [-0.3, -0.25) is 9.59 Å². The predicted octanol–water partition coefficient (Wildman–Crippen LogP) is 2.09. The molecule has 2 saturated carbocycles. The molecule has 2 aliphatic rings. The Kier molecular flexibility index (Phi) is 1.87. The van der Waals surface area contributed by atoms with Gasteiger partial charge in [0.15, 0.2) is 0 Å². The molecule has 0 aliphatic heterocycles. The zero-order valence-corrected chi connectivity index (χ0v) is 9.85. The topological polar surface area (TPSA) is 43.4 Å². The van der Waals surface area contributed by atoms with Crippen LogP contribution < -0.4 is 0 Å². The summed E-state index contributed by atoms with van der Waals surface area (Å²) in [6.07, 6.45) is 2.06. The van der Waals surface area contributed by atoms with Gasteiger partial charge < -0.3 is 4.74 Å². The zero-order valence-electron chi connectivity index (χ0n) is 9.85. The van der Waals surface area contributed by atoms with Crippen molar-refractivity contribution in [3.63, 3.8) is 0 Å². The molecule has 2 rings (SSSR count). The first-order valence-corrected chi connectivity index (χ1v) is 5.48. The van der Waals surface area contributed by atoms with Crippen LogP contribution in [-0.4, -0.2) is 17.4 Å². The summed E-state index contributed by atoms with van der Waals surface area (Å²) in [4.78, 5) is 23.1. The van der Waals surface area contributed by atoms with Crippen LogP contribution in [0.4, 0.5) is 0 Å². The summed E-state index contributed by atoms with van der Waals surface area (Å²) in [5.41, 5.74) is -1.07. The first-order valence-electron chi connectivity index (χ1n) is 5.48. The molecular weight excluding hydrogens is 192 g/mol. The van der Waals surface area contributed by atoms with Crippen molar-refractivity contribution >= 4 is 11.8 Å². The van der Waals surface area contributed by atoms with E-state index < -0.39 is 5.60 Å². The minimum atomic E-state index is -0.537. The van der Waals surface area contributed by atoms with Crippen molar-refractivity contribution in [1.82, 2.24) is 0 Å². The number of esters is 1. The number of ether oxygens (including phenoxy) is 1. The monoisotopic (exact) mass is 210 g/mol. The van der Waals surface area contributed by atoms with Crippen LogP contribution in [0.25, 0.3) is 0 Å². The molecular formula is C12H18O3. The van der Waals surface area contributed by atoms with E-state index in [2.05, 4.69) is 0 Å². The van der Waals surface area contributed by atoms with Gasteiger partial charge in [-0.2, -0.15) is 0 Å². The van der Waals surface area contributed by atoms with Crippen LogP contribution in [0.3, 0.4) is 0 Å². The Morgan fingerprint density at radius 2 is 1.87 bits per heavy atom. The van der Waals surface area contributed by atoms with E-state index in [9.17, 15) is 9.59 Å². The Balaban J connectivity index is 2.44. The summed E-state index contributed by atoms with van der Waals surface area (Å²) in [5, 5.41) is 0. The fourth-order valence-electron chi connectivity index (χ4n) is 3.32. The average Bonchev–Trinajstić information content (AvgIpc) is 2.33. The molecule has 0 saturated heterocycles. The summed E-state index contributed by atoms with van der Waals surface area (Å²) in [5.74, 6) is -0.0259. The molecule has 2 atom stereocenters. The molecule has 2 fully saturated rings. The third kappa shape index (κ3) is 1.01. The fraction of sp³-hybridized carbons (Fsp3) is 0.833. The lowest BCUT2D eigenvalue weighted by Crippen LogP contribution is -2.43. The van der Waals surface area contributed by atoms with Crippen molar-refractivity contribution in [3.05, 3.63) is 0 Å². The van der Waals surface area contributed by atoms with Crippen LogP contribution in [0.15, 0.2) is 0 Å². The number of fused-ring (bicyclic) bond motifs is 2. The Bertz CT molecular complexity index is 341. The number of rotatable bonds is 1. The molecule has 0 radical (unpaired) electrons. The number of carbonyl (C=O) groups excluding carboxylic acids is 2. The van der Waals surface area contributed by atoms with E-state index in [1.54, 1.807) is 0 Å². The predicted molar refractivity (Wildman–Crippen MR) is 55.2 cm³/mol. The number of hydrogen-bond donors (Lipinski definition) is 0. The maximum atomic E-state index is 12.0. The van der Waals surface area contributed by atoms with Crippen LogP contribution in [0, 0.1) is 10.8 Å². The van der Waals surface area contributed by atoms with E-state index in [1.165, 1.54) is 6.92 Å². The third-order valence-corrected chi connectivity index (χ3v) is 4.95. The van der Waals surface area contributed by atoms with Gasteiger partial charge in [0.05, 0.1) is 0 Å². The van der Waals surface area contributed by atoms with Crippen LogP contribution in [-0.2, 0) is 14.3 Å². The maximum absolute atomic E-state index is 12.0. The van der Waals surface area contributed by atoms with Crippen molar-refractivity contribution in [1.29, 1.82) is 0 Å². The number of ketones is 1. The minimum Gasteiger partial charge on any atom is -0.458 e. The second kappa shape index (κ2) is 2.63. The summed E-state index contributed by atoms with van der Waals surface area (Å²) in [6, 6.07) is 0. The molecule has 0 unspecified atom stereocenters. The highest BCUT2D eigenvalue weighted by Crippen LogP contribution is 2.67. The van der Waals surface area contributed by atoms with Gasteiger partial charge in [-0.25, -0.2) is 0 Å². The van der Waals surface area contributed by atoms with E-state index in [4.69, 9.17) is 4.74 Å². The lowest BCUT2D eigenvalue weighted by Gasteiger charge is -2.38. The molecule has 2 bridgehead atoms. The molecule has 84 valence electrons. The summed E-state index contributed by atoms with van der Waals surface area (Å²) < 4.78 is 5.48. The Morgan fingerprint density at radius 3 is 2.20 bits per heavy atom. The lowest BCUT2D eigenvalue weighted by molar-refractivity contribution is -0.166. The number of Topliss-reactive ketones (excluding diaryl/α,β-unsaturated/α-hetero) is 1. The van der Waals surface area contributed by atoms with Crippen molar-refractivity contribution < 1.29 is 14.3 Å². The molecule has 0 aromatic heterocycles. The Morgan fingerprint density at radius 1 is 1.27 bits per heavy atom. The van der Waals surface area contributed by atoms with E-state index in [0.29, 0.717) is 6.42 Å². The summed E-state index contributed by atoms with van der Waals surface area (Å²) in [7, 11) is 0. The highest BCUT2D eigenvalue weighted by molar-refractivity contribution is 5.91. The van der Waals surface area contributed by atoms with E-state index in [-0.39, 0.29) is 22.6 Å². The molecule has 0 heterocycles. The van der Waals surface area contributed by atoms with Gasteiger partial charge in [-0.05, 0) is 12.8 Å². The van der Waals surface area contributed by atoms with Gasteiger partial charge in [-0.15, -0.1) is 0 Å². The van der Waals surface area contributed by atoms with E-state index >= 15 is 0 Å². The van der Waals surface area contributed by atoms with Crippen molar-refractivity contribution in [2.75, 3.05) is 0 Å². The van der Waals surface area contributed by atoms with E-state index in [0.717, 1.165) is 12.8 Å². The molecule has 2 aliphatic carbocycles. The minimum absolute atomic E-state index is 0.233. The van der Waals surface area contributed by atoms with Gasteiger partial charge in [-0.1, -0.05) is 20.8 Å². The average molecular weight is 210 g/mol. The molecule has 3 nitrogen and oxygen atoms in total. The molecule has 3 heteroatoms. The molecule has 0 spiro atoms. The van der Waals surface area contributed by atoms with Crippen molar-refractivity contribution in [2.45, 2.75) is 52.6 Å². The standard InChI is InChI=1S/C12H18O3/c1-8(13)15-12-6-5-11(4,9(14)7-12)10(12,2)3/h5-7H2,1-4H3/t11-,12-/m1/s1. The van der Waals surface area contributed by atoms with Crippen LogP contribution >= 0.6 is 0 Å². The van der Waals surface area contributed by atoms with Gasteiger partial charge in [0, 0.05) is 24.2 Å². The summed E-state index contributed by atoms with van der Waals surface area (Å²) >= 11 is 0. The quantitative estimate of drug-likeness (QED) is 0.622.